The zero-order chi connectivity index (χ0) is 14.8. The maximum absolute atomic E-state index is 12.5. The number of carbonyl (C=O) groups excluding carboxylic acids is 1. The number of nitrogens with zero attached hydrogens (tertiary/aromatic N) is 2. The number of fused-ring (bicyclic) bond motifs is 1. The van der Waals surface area contributed by atoms with Gasteiger partial charge in [-0.25, -0.2) is 0 Å². The Balaban J connectivity index is 1.72. The van der Waals surface area contributed by atoms with Crippen molar-refractivity contribution in [2.75, 3.05) is 19.6 Å². The van der Waals surface area contributed by atoms with Gasteiger partial charge in [0.2, 0.25) is 0 Å². The topological polar surface area (TPSA) is 37.3 Å². The number of aromatic nitrogens is 1. The quantitative estimate of drug-likeness (QED) is 0.936. The Bertz CT molecular complexity index is 647. The lowest BCUT2D eigenvalue weighted by atomic mass is 10.1. The third kappa shape index (κ3) is 2.68. The predicted molar refractivity (Wildman–Crippen MR) is 85.5 cm³/mol. The summed E-state index contributed by atoms with van der Waals surface area (Å²) in [5.74, 6) is 0.0368. The lowest BCUT2D eigenvalue weighted by Crippen LogP contribution is -2.40. The fourth-order valence-corrected chi connectivity index (χ4v) is 3.35. The Hall–Kier alpha value is -1.81. The maximum atomic E-state index is 12.5. The first-order valence-electron chi connectivity index (χ1n) is 7.77. The van der Waals surface area contributed by atoms with E-state index in [1.807, 2.05) is 42.1 Å². The number of benzene rings is 1. The fraction of sp³-hybridized carbons (Fsp3) is 0.471. The molecule has 1 amide bonds. The number of likely N-dealkylation sites (N-methyl/N-ethyl adjacent to an activating group) is 1. The molecule has 1 aliphatic heterocycles. The summed E-state index contributed by atoms with van der Waals surface area (Å²) in [5, 5.41) is 4.14. The maximum Gasteiger partial charge on any atom is 0.252 e. The lowest BCUT2D eigenvalue weighted by Gasteiger charge is -2.22. The molecule has 1 N–H and O–H groups in total. The summed E-state index contributed by atoms with van der Waals surface area (Å²) < 4.78 is 2.04. The molecule has 1 fully saturated rings. The van der Waals surface area contributed by atoms with Crippen LogP contribution in [0, 0.1) is 0 Å². The van der Waals surface area contributed by atoms with Crippen LogP contribution in [-0.4, -0.2) is 41.1 Å². The van der Waals surface area contributed by atoms with Crippen LogP contribution in [0.5, 0.6) is 0 Å². The first kappa shape index (κ1) is 14.1. The number of hydrogen-bond donors (Lipinski definition) is 1. The van der Waals surface area contributed by atoms with Gasteiger partial charge in [0.1, 0.15) is 0 Å². The van der Waals surface area contributed by atoms with Crippen LogP contribution < -0.4 is 5.32 Å². The Morgan fingerprint density at radius 2 is 2.24 bits per heavy atom. The zero-order valence-corrected chi connectivity index (χ0v) is 12.8. The second kappa shape index (κ2) is 5.90. The van der Waals surface area contributed by atoms with Crippen molar-refractivity contribution < 1.29 is 4.79 Å². The zero-order valence-electron chi connectivity index (χ0n) is 12.8. The third-order valence-electron chi connectivity index (χ3n) is 4.58. The molecule has 1 aromatic carbocycles. The van der Waals surface area contributed by atoms with Gasteiger partial charge in [-0.3, -0.25) is 9.69 Å². The summed E-state index contributed by atoms with van der Waals surface area (Å²) in [6, 6.07) is 8.41. The van der Waals surface area contributed by atoms with E-state index in [0.717, 1.165) is 36.1 Å². The minimum Gasteiger partial charge on any atom is -0.351 e. The number of likely N-dealkylation sites (tertiary alicyclic amines) is 1. The van der Waals surface area contributed by atoms with E-state index in [1.165, 1.54) is 12.8 Å². The molecule has 1 saturated heterocycles. The van der Waals surface area contributed by atoms with E-state index >= 15 is 0 Å². The molecule has 112 valence electrons. The third-order valence-corrected chi connectivity index (χ3v) is 4.58. The highest BCUT2D eigenvalue weighted by Gasteiger charge is 2.23. The van der Waals surface area contributed by atoms with Gasteiger partial charge >= 0.3 is 0 Å². The average Bonchev–Trinajstić information content (AvgIpc) is 3.11. The van der Waals surface area contributed by atoms with Crippen molar-refractivity contribution in [2.24, 2.45) is 7.05 Å². The predicted octanol–water partition coefficient (Wildman–Crippen LogP) is 2.39. The summed E-state index contributed by atoms with van der Waals surface area (Å²) in [6.07, 6.45) is 4.42. The van der Waals surface area contributed by atoms with Gasteiger partial charge in [-0.15, -0.1) is 0 Å². The number of amides is 1. The van der Waals surface area contributed by atoms with Gasteiger partial charge in [-0.1, -0.05) is 13.0 Å². The van der Waals surface area contributed by atoms with Crippen molar-refractivity contribution in [1.29, 1.82) is 0 Å². The van der Waals surface area contributed by atoms with Gasteiger partial charge in [-0.05, 0) is 44.1 Å². The molecule has 3 rings (SSSR count). The standard InChI is InChI=1S/C17H23N3O/c1-3-20-10-5-6-13(20)12-18-17(21)15-7-4-8-16-14(15)9-11-19(16)2/h4,7-9,11,13H,3,5-6,10,12H2,1-2H3,(H,18,21)/t13-/m1/s1. The average molecular weight is 285 g/mol. The van der Waals surface area contributed by atoms with Gasteiger partial charge in [0.25, 0.3) is 5.91 Å². The van der Waals surface area contributed by atoms with Crippen LogP contribution in [0.4, 0.5) is 0 Å². The summed E-state index contributed by atoms with van der Waals surface area (Å²) >= 11 is 0. The molecule has 0 radical (unpaired) electrons. The molecule has 0 bridgehead atoms. The first-order chi connectivity index (χ1) is 10.2. The minimum absolute atomic E-state index is 0.0368. The van der Waals surface area contributed by atoms with Gasteiger partial charge < -0.3 is 9.88 Å². The van der Waals surface area contributed by atoms with Crippen molar-refractivity contribution in [3.05, 3.63) is 36.0 Å². The van der Waals surface area contributed by atoms with Crippen molar-refractivity contribution >= 4 is 16.8 Å². The number of nitrogens with one attached hydrogen (secondary N) is 1. The van der Waals surface area contributed by atoms with Crippen molar-refractivity contribution in [3.8, 4) is 0 Å². The van der Waals surface area contributed by atoms with Crippen LogP contribution in [0.3, 0.4) is 0 Å². The number of hydrogen-bond acceptors (Lipinski definition) is 2. The van der Waals surface area contributed by atoms with Gasteiger partial charge in [0.15, 0.2) is 0 Å². The monoisotopic (exact) mass is 285 g/mol. The molecule has 4 nitrogen and oxygen atoms in total. The lowest BCUT2D eigenvalue weighted by molar-refractivity contribution is 0.0943. The van der Waals surface area contributed by atoms with Crippen LogP contribution in [0.25, 0.3) is 10.9 Å². The Morgan fingerprint density at radius 3 is 3.05 bits per heavy atom. The van der Waals surface area contributed by atoms with Crippen LogP contribution in [0.2, 0.25) is 0 Å². The van der Waals surface area contributed by atoms with Crippen molar-refractivity contribution in [2.45, 2.75) is 25.8 Å². The van der Waals surface area contributed by atoms with Gasteiger partial charge in [0, 0.05) is 42.3 Å². The molecule has 4 heteroatoms. The smallest absolute Gasteiger partial charge is 0.252 e. The molecule has 0 unspecified atom stereocenters. The molecule has 1 atom stereocenters. The van der Waals surface area contributed by atoms with Gasteiger partial charge in [0.05, 0.1) is 0 Å². The summed E-state index contributed by atoms with van der Waals surface area (Å²) in [7, 11) is 2.00. The molecule has 0 spiro atoms. The molecule has 0 saturated carbocycles. The Morgan fingerprint density at radius 1 is 1.38 bits per heavy atom. The largest absolute Gasteiger partial charge is 0.351 e. The summed E-state index contributed by atoms with van der Waals surface area (Å²) in [5.41, 5.74) is 1.87. The second-order valence-electron chi connectivity index (χ2n) is 5.80. The van der Waals surface area contributed by atoms with Crippen LogP contribution in [-0.2, 0) is 7.05 Å². The van der Waals surface area contributed by atoms with E-state index in [1.54, 1.807) is 0 Å². The summed E-state index contributed by atoms with van der Waals surface area (Å²) in [4.78, 5) is 14.9. The Kier molecular flexibility index (Phi) is 3.97. The van der Waals surface area contributed by atoms with E-state index in [2.05, 4.69) is 17.1 Å². The molecular formula is C17H23N3O. The van der Waals surface area contributed by atoms with Crippen LogP contribution in [0.1, 0.15) is 30.1 Å². The fourth-order valence-electron chi connectivity index (χ4n) is 3.35. The second-order valence-corrected chi connectivity index (χ2v) is 5.80. The van der Waals surface area contributed by atoms with E-state index in [4.69, 9.17) is 0 Å². The molecule has 1 aromatic heterocycles. The van der Waals surface area contributed by atoms with E-state index in [9.17, 15) is 4.79 Å². The highest BCUT2D eigenvalue weighted by Crippen LogP contribution is 2.20. The first-order valence-corrected chi connectivity index (χ1v) is 7.77. The van der Waals surface area contributed by atoms with Crippen molar-refractivity contribution in [3.63, 3.8) is 0 Å². The molecule has 1 aliphatic rings. The molecule has 21 heavy (non-hydrogen) atoms. The molecular weight excluding hydrogens is 262 g/mol. The summed E-state index contributed by atoms with van der Waals surface area (Å²) in [6.45, 7) is 5.15. The minimum atomic E-state index is 0.0368. The highest BCUT2D eigenvalue weighted by molar-refractivity contribution is 6.06. The SMILES string of the molecule is CCN1CCC[C@@H]1CNC(=O)c1cccc2c1ccn2C. The normalized spacial score (nSPS) is 19.2. The molecule has 0 aliphatic carbocycles. The molecule has 2 heterocycles. The number of carbonyl (C=O) groups is 1. The van der Waals surface area contributed by atoms with Crippen molar-refractivity contribution in [1.82, 2.24) is 14.8 Å². The molecule has 2 aromatic rings. The number of aryl methyl sites for hydroxylation is 1. The highest BCUT2D eigenvalue weighted by atomic mass is 16.1. The van der Waals surface area contributed by atoms with E-state index in [-0.39, 0.29) is 5.91 Å². The van der Waals surface area contributed by atoms with Gasteiger partial charge in [-0.2, -0.15) is 0 Å². The Labute approximate surface area is 125 Å². The number of rotatable bonds is 4. The van der Waals surface area contributed by atoms with Crippen LogP contribution >= 0.6 is 0 Å². The van der Waals surface area contributed by atoms with Crippen LogP contribution in [0.15, 0.2) is 30.5 Å². The van der Waals surface area contributed by atoms with E-state index < -0.39 is 0 Å². The van der Waals surface area contributed by atoms with E-state index in [0.29, 0.717) is 6.04 Å².